The van der Waals surface area contributed by atoms with E-state index in [4.69, 9.17) is 19.3 Å². The van der Waals surface area contributed by atoms with Crippen LogP contribution in [-0.4, -0.2) is 41.0 Å². The van der Waals surface area contributed by atoms with E-state index in [1.54, 1.807) is 0 Å². The zero-order valence-corrected chi connectivity index (χ0v) is 33.1. The van der Waals surface area contributed by atoms with Gasteiger partial charge in [0, 0.05) is 12.8 Å². The van der Waals surface area contributed by atoms with Crippen LogP contribution >= 0.6 is 7.82 Å². The lowest BCUT2D eigenvalue weighted by molar-refractivity contribution is -0.161. The summed E-state index contributed by atoms with van der Waals surface area (Å²) < 4.78 is 26.3. The number of phosphoric ester groups is 1. The fraction of sp³-hybridized carbons (Fsp3) is 0.714. The summed E-state index contributed by atoms with van der Waals surface area (Å²) in [4.78, 5) is 42.8. The number of hydrogen-bond acceptors (Lipinski definition) is 6. The molecule has 0 rings (SSSR count). The quantitative estimate of drug-likeness (QED) is 0.0282. The van der Waals surface area contributed by atoms with Crippen molar-refractivity contribution in [2.45, 2.75) is 180 Å². The van der Waals surface area contributed by atoms with Crippen LogP contribution in [0.2, 0.25) is 0 Å². The number of carbonyl (C=O) groups excluding carboxylic acids is 2. The molecule has 0 aromatic heterocycles. The summed E-state index contributed by atoms with van der Waals surface area (Å²) in [6, 6.07) is 0. The van der Waals surface area contributed by atoms with Gasteiger partial charge in [0.25, 0.3) is 0 Å². The van der Waals surface area contributed by atoms with Gasteiger partial charge in [-0.05, 0) is 77.0 Å². The first kappa shape index (κ1) is 48.8. The summed E-state index contributed by atoms with van der Waals surface area (Å²) in [7, 11) is -4.76. The Hall–Kier alpha value is -2.25. The summed E-state index contributed by atoms with van der Waals surface area (Å²) >= 11 is 0. The highest BCUT2D eigenvalue weighted by atomic mass is 31.2. The molecule has 0 heterocycles. The molecule has 0 aromatic rings. The maximum absolute atomic E-state index is 12.4. The molecule has 51 heavy (non-hydrogen) atoms. The van der Waals surface area contributed by atoms with Gasteiger partial charge in [0.1, 0.15) is 6.61 Å². The van der Waals surface area contributed by atoms with Crippen molar-refractivity contribution in [1.29, 1.82) is 0 Å². The highest BCUT2D eigenvalue weighted by Gasteiger charge is 2.22. The van der Waals surface area contributed by atoms with E-state index in [-0.39, 0.29) is 19.4 Å². The average molecular weight is 737 g/mol. The molecule has 8 nitrogen and oxygen atoms in total. The van der Waals surface area contributed by atoms with Crippen molar-refractivity contribution in [3.05, 3.63) is 60.8 Å². The number of rotatable bonds is 36. The molecular formula is C42H73O8P. The highest BCUT2D eigenvalue weighted by molar-refractivity contribution is 7.46. The second kappa shape index (κ2) is 37.5. The lowest BCUT2D eigenvalue weighted by atomic mass is 10.1. The Balaban J connectivity index is 3.99. The standard InChI is InChI=1S/C42H73O8P/c1-3-5-7-9-11-13-15-17-19-20-21-22-23-25-27-29-31-33-35-37-42(44)50-40(39-49-51(45,46)47)38-48-41(43)36-34-32-30-28-26-24-18-16-14-12-10-8-6-4-2/h5,7,11,13,16-19,21-22,40H,3-4,6,8-10,12,14-15,20,23-39H2,1-2H3,(H2,45,46,47)/b7-5-,13-11-,18-16-,19-17-,22-21-. The summed E-state index contributed by atoms with van der Waals surface area (Å²) in [5.41, 5.74) is 0. The summed E-state index contributed by atoms with van der Waals surface area (Å²) in [5.74, 6) is -0.914. The molecule has 0 aliphatic rings. The molecule has 1 atom stereocenters. The van der Waals surface area contributed by atoms with E-state index in [9.17, 15) is 14.2 Å². The number of phosphoric acid groups is 1. The largest absolute Gasteiger partial charge is 0.469 e. The third-order valence-electron chi connectivity index (χ3n) is 8.27. The lowest BCUT2D eigenvalue weighted by Gasteiger charge is -2.18. The van der Waals surface area contributed by atoms with Crippen LogP contribution in [0, 0.1) is 0 Å². The van der Waals surface area contributed by atoms with Gasteiger partial charge in [-0.1, -0.05) is 145 Å². The van der Waals surface area contributed by atoms with E-state index in [2.05, 4.69) is 79.1 Å². The molecule has 0 saturated heterocycles. The van der Waals surface area contributed by atoms with Crippen molar-refractivity contribution >= 4 is 19.8 Å². The van der Waals surface area contributed by atoms with Gasteiger partial charge in [-0.15, -0.1) is 0 Å². The van der Waals surface area contributed by atoms with E-state index < -0.39 is 32.5 Å². The second-order valence-corrected chi connectivity index (χ2v) is 14.5. The monoisotopic (exact) mass is 737 g/mol. The van der Waals surface area contributed by atoms with Gasteiger partial charge < -0.3 is 19.3 Å². The fourth-order valence-electron chi connectivity index (χ4n) is 5.30. The van der Waals surface area contributed by atoms with Crippen LogP contribution in [-0.2, 0) is 28.2 Å². The molecule has 0 radical (unpaired) electrons. The zero-order valence-electron chi connectivity index (χ0n) is 32.2. The number of allylic oxidation sites excluding steroid dienone is 10. The van der Waals surface area contributed by atoms with Crippen LogP contribution in [0.3, 0.4) is 0 Å². The smallest absolute Gasteiger partial charge is 0.462 e. The first-order chi connectivity index (χ1) is 24.8. The summed E-state index contributed by atoms with van der Waals surface area (Å²) in [6.07, 6.45) is 46.5. The molecule has 0 spiro atoms. The van der Waals surface area contributed by atoms with E-state index in [1.165, 1.54) is 38.5 Å². The maximum atomic E-state index is 12.4. The molecule has 0 aromatic carbocycles. The fourth-order valence-corrected chi connectivity index (χ4v) is 5.66. The van der Waals surface area contributed by atoms with Crippen LogP contribution < -0.4 is 0 Å². The number of hydrogen-bond donors (Lipinski definition) is 2. The minimum Gasteiger partial charge on any atom is -0.462 e. The molecule has 2 N–H and O–H groups in total. The minimum atomic E-state index is -4.76. The Morgan fingerprint density at radius 2 is 0.941 bits per heavy atom. The van der Waals surface area contributed by atoms with Gasteiger partial charge in [-0.3, -0.25) is 14.1 Å². The molecule has 0 saturated carbocycles. The van der Waals surface area contributed by atoms with Gasteiger partial charge in [0.15, 0.2) is 6.10 Å². The molecule has 0 aliphatic heterocycles. The van der Waals surface area contributed by atoms with E-state index in [0.29, 0.717) is 12.8 Å². The van der Waals surface area contributed by atoms with Crippen molar-refractivity contribution in [1.82, 2.24) is 0 Å². The molecule has 0 amide bonds. The first-order valence-electron chi connectivity index (χ1n) is 20.1. The van der Waals surface area contributed by atoms with E-state index in [1.807, 2.05) is 0 Å². The van der Waals surface area contributed by atoms with E-state index in [0.717, 1.165) is 96.3 Å². The minimum absolute atomic E-state index is 0.192. The van der Waals surface area contributed by atoms with Crippen molar-refractivity contribution in [2.24, 2.45) is 0 Å². The maximum Gasteiger partial charge on any atom is 0.469 e. The Morgan fingerprint density at radius 1 is 0.529 bits per heavy atom. The number of ether oxygens (including phenoxy) is 2. The number of unbranched alkanes of at least 4 members (excludes halogenated alkanes) is 16. The average Bonchev–Trinajstić information content (AvgIpc) is 3.10. The molecular weight excluding hydrogens is 663 g/mol. The number of carbonyl (C=O) groups is 2. The SMILES string of the molecule is CC/C=C\C/C=C\C/C=C\C/C=C\CCCCCCCCC(=O)OC(COC(=O)CCCCCCC/C=C\CCCCCCC)COP(=O)(O)O. The van der Waals surface area contributed by atoms with Gasteiger partial charge in [0.05, 0.1) is 6.61 Å². The number of esters is 2. The Bertz CT molecular complexity index is 1010. The lowest BCUT2D eigenvalue weighted by Crippen LogP contribution is -2.29. The van der Waals surface area contributed by atoms with Crippen LogP contribution in [0.25, 0.3) is 0 Å². The topological polar surface area (TPSA) is 119 Å². The van der Waals surface area contributed by atoms with Gasteiger partial charge in [-0.2, -0.15) is 0 Å². The predicted molar refractivity (Wildman–Crippen MR) is 211 cm³/mol. The molecule has 0 bridgehead atoms. The zero-order chi connectivity index (χ0) is 37.5. The van der Waals surface area contributed by atoms with Crippen LogP contribution in [0.15, 0.2) is 60.8 Å². The molecule has 1 unspecified atom stereocenters. The predicted octanol–water partition coefficient (Wildman–Crippen LogP) is 12.1. The van der Waals surface area contributed by atoms with Crippen LogP contribution in [0.1, 0.15) is 174 Å². The highest BCUT2D eigenvalue weighted by Crippen LogP contribution is 2.36. The molecule has 9 heteroatoms. The normalized spacial score (nSPS) is 13.1. The summed E-state index contributed by atoms with van der Waals surface area (Å²) in [6.45, 7) is 3.53. The van der Waals surface area contributed by atoms with Crippen LogP contribution in [0.5, 0.6) is 0 Å². The Labute approximate surface area is 311 Å². The third kappa shape index (κ3) is 40.4. The molecule has 294 valence electrons. The van der Waals surface area contributed by atoms with Crippen molar-refractivity contribution in [3.63, 3.8) is 0 Å². The van der Waals surface area contributed by atoms with Gasteiger partial charge >= 0.3 is 19.8 Å². The van der Waals surface area contributed by atoms with Crippen LogP contribution in [0.4, 0.5) is 0 Å². The van der Waals surface area contributed by atoms with Gasteiger partial charge in [-0.25, -0.2) is 4.57 Å². The van der Waals surface area contributed by atoms with Gasteiger partial charge in [0.2, 0.25) is 0 Å². The summed E-state index contributed by atoms with van der Waals surface area (Å²) in [5, 5.41) is 0. The third-order valence-corrected chi connectivity index (χ3v) is 8.76. The Morgan fingerprint density at radius 3 is 1.43 bits per heavy atom. The first-order valence-corrected chi connectivity index (χ1v) is 21.6. The second-order valence-electron chi connectivity index (χ2n) is 13.2. The van der Waals surface area contributed by atoms with Crippen molar-refractivity contribution in [2.75, 3.05) is 13.2 Å². The molecule has 0 aliphatic carbocycles. The van der Waals surface area contributed by atoms with E-state index >= 15 is 0 Å². The van der Waals surface area contributed by atoms with Crippen molar-refractivity contribution in [3.8, 4) is 0 Å². The van der Waals surface area contributed by atoms with Crippen molar-refractivity contribution < 1.29 is 37.9 Å². The molecule has 0 fully saturated rings. The Kier molecular flexibility index (Phi) is 35.9.